The molecule has 20 heavy (non-hydrogen) atoms. The molecule has 0 aromatic heterocycles. The van der Waals surface area contributed by atoms with Crippen LogP contribution in [0, 0.1) is 0 Å². The second-order valence-electron chi connectivity index (χ2n) is 4.61. The number of hydrogen-bond donors (Lipinski definition) is 1. The molecule has 0 spiro atoms. The highest BCUT2D eigenvalue weighted by Crippen LogP contribution is 2.30. The van der Waals surface area contributed by atoms with Crippen LogP contribution in [0.2, 0.25) is 10.0 Å². The fraction of sp³-hybridized carbons (Fsp3) is 0.500. The summed E-state index contributed by atoms with van der Waals surface area (Å²) in [5.41, 5.74) is 6.48. The number of hydrogen-bond acceptors (Lipinski definition) is 3. The molecule has 1 rings (SSSR count). The molecule has 112 valence electrons. The number of nitrogens with zero attached hydrogens (tertiary/aromatic N) is 1. The molecule has 4 nitrogen and oxygen atoms in total. The van der Waals surface area contributed by atoms with E-state index in [1.807, 2.05) is 13.8 Å². The van der Waals surface area contributed by atoms with Crippen LogP contribution in [0.25, 0.3) is 0 Å². The number of rotatable bonds is 6. The van der Waals surface area contributed by atoms with Gasteiger partial charge in [-0.2, -0.15) is 0 Å². The first-order valence-corrected chi connectivity index (χ1v) is 7.22. The third-order valence-corrected chi connectivity index (χ3v) is 4.00. The van der Waals surface area contributed by atoms with E-state index in [0.29, 0.717) is 24.4 Å². The molecule has 1 atom stereocenters. The number of nitrogens with two attached hydrogens (primary N) is 1. The second kappa shape index (κ2) is 7.72. The minimum absolute atomic E-state index is 0.0777. The number of anilines is 1. The molecule has 0 aliphatic carbocycles. The zero-order chi connectivity index (χ0) is 15.3. The van der Waals surface area contributed by atoms with E-state index in [1.165, 1.54) is 6.07 Å². The van der Waals surface area contributed by atoms with Gasteiger partial charge in [-0.05, 0) is 25.5 Å². The van der Waals surface area contributed by atoms with E-state index in [9.17, 15) is 4.79 Å². The largest absolute Gasteiger partial charge is 0.399 e. The smallest absolute Gasteiger partial charge is 0.255 e. The van der Waals surface area contributed by atoms with Gasteiger partial charge in [0, 0.05) is 25.4 Å². The van der Waals surface area contributed by atoms with Gasteiger partial charge in [-0.3, -0.25) is 4.79 Å². The number of carbonyl (C=O) groups excluding carboxylic acids is 1. The Kier molecular flexibility index (Phi) is 6.59. The van der Waals surface area contributed by atoms with E-state index in [2.05, 4.69) is 0 Å². The van der Waals surface area contributed by atoms with Gasteiger partial charge in [0.05, 0.1) is 22.2 Å². The molecule has 0 aliphatic rings. The second-order valence-corrected chi connectivity index (χ2v) is 5.40. The maximum absolute atomic E-state index is 12.6. The van der Waals surface area contributed by atoms with Gasteiger partial charge in [-0.1, -0.05) is 30.1 Å². The summed E-state index contributed by atoms with van der Waals surface area (Å²) in [6, 6.07) is 3.16. The van der Waals surface area contributed by atoms with Crippen LogP contribution in [0.5, 0.6) is 0 Å². The summed E-state index contributed by atoms with van der Waals surface area (Å²) in [6.45, 7) is 4.96. The summed E-state index contributed by atoms with van der Waals surface area (Å²) in [5, 5.41) is 0.516. The van der Waals surface area contributed by atoms with Crippen LogP contribution in [-0.4, -0.2) is 37.1 Å². The van der Waals surface area contributed by atoms with Crippen molar-refractivity contribution in [3.63, 3.8) is 0 Å². The van der Waals surface area contributed by atoms with Crippen molar-refractivity contribution in [2.45, 2.75) is 26.3 Å². The van der Waals surface area contributed by atoms with Crippen molar-refractivity contribution in [3.8, 4) is 0 Å². The first-order valence-electron chi connectivity index (χ1n) is 6.46. The molecule has 0 heterocycles. The fourth-order valence-electron chi connectivity index (χ4n) is 1.85. The Labute approximate surface area is 129 Å². The van der Waals surface area contributed by atoms with Crippen molar-refractivity contribution in [2.75, 3.05) is 26.0 Å². The molecule has 2 N–H and O–H groups in total. The summed E-state index contributed by atoms with van der Waals surface area (Å²) >= 11 is 12.1. The number of benzene rings is 1. The number of amides is 1. The molecule has 6 heteroatoms. The minimum atomic E-state index is -0.185. The molecular formula is C14H20Cl2N2O2. The fourth-order valence-corrected chi connectivity index (χ4v) is 2.27. The Morgan fingerprint density at radius 2 is 2.10 bits per heavy atom. The molecule has 1 aromatic rings. The van der Waals surface area contributed by atoms with Gasteiger partial charge in [0.25, 0.3) is 5.91 Å². The molecular weight excluding hydrogens is 299 g/mol. The van der Waals surface area contributed by atoms with Crippen molar-refractivity contribution >= 4 is 34.8 Å². The monoisotopic (exact) mass is 318 g/mol. The maximum Gasteiger partial charge on any atom is 0.255 e. The third-order valence-electron chi connectivity index (χ3n) is 3.20. The summed E-state index contributed by atoms with van der Waals surface area (Å²) in [4.78, 5) is 14.4. The van der Waals surface area contributed by atoms with Crippen LogP contribution in [0.1, 0.15) is 30.6 Å². The quantitative estimate of drug-likeness (QED) is 0.817. The Morgan fingerprint density at radius 1 is 1.45 bits per heavy atom. The summed E-state index contributed by atoms with van der Waals surface area (Å²) in [6.07, 6.45) is 0.836. The highest BCUT2D eigenvalue weighted by Gasteiger charge is 2.23. The lowest BCUT2D eigenvalue weighted by atomic mass is 10.1. The van der Waals surface area contributed by atoms with Gasteiger partial charge in [-0.25, -0.2) is 0 Å². The molecule has 1 amide bonds. The third kappa shape index (κ3) is 4.01. The van der Waals surface area contributed by atoms with Crippen LogP contribution in [-0.2, 0) is 4.74 Å². The Bertz CT molecular complexity index is 480. The van der Waals surface area contributed by atoms with E-state index >= 15 is 0 Å². The van der Waals surface area contributed by atoms with E-state index in [4.69, 9.17) is 33.7 Å². The predicted molar refractivity (Wildman–Crippen MR) is 83.5 cm³/mol. The van der Waals surface area contributed by atoms with Gasteiger partial charge in [0.2, 0.25) is 0 Å². The van der Waals surface area contributed by atoms with Crippen LogP contribution >= 0.6 is 23.2 Å². The lowest BCUT2D eigenvalue weighted by Crippen LogP contribution is -2.40. The van der Waals surface area contributed by atoms with Gasteiger partial charge in [0.15, 0.2) is 0 Å². The lowest BCUT2D eigenvalue weighted by molar-refractivity contribution is 0.0614. The highest BCUT2D eigenvalue weighted by molar-refractivity contribution is 6.44. The molecule has 0 radical (unpaired) electrons. The highest BCUT2D eigenvalue weighted by atomic mass is 35.5. The first-order chi connectivity index (χ1) is 9.42. The van der Waals surface area contributed by atoms with E-state index in [1.54, 1.807) is 18.1 Å². The van der Waals surface area contributed by atoms with E-state index < -0.39 is 0 Å². The Balaban J connectivity index is 3.11. The standard InChI is InChI=1S/C14H20Cl2N2O2/c1-4-9(2)18(5-6-20-3)14(19)11-7-10(17)8-12(15)13(11)16/h7-9H,4-6,17H2,1-3H3. The zero-order valence-corrected chi connectivity index (χ0v) is 13.5. The van der Waals surface area contributed by atoms with Gasteiger partial charge in [-0.15, -0.1) is 0 Å². The minimum Gasteiger partial charge on any atom is -0.399 e. The van der Waals surface area contributed by atoms with Gasteiger partial charge >= 0.3 is 0 Å². The summed E-state index contributed by atoms with van der Waals surface area (Å²) in [7, 11) is 1.60. The van der Waals surface area contributed by atoms with Crippen molar-refractivity contribution in [1.82, 2.24) is 4.90 Å². The van der Waals surface area contributed by atoms with Crippen LogP contribution in [0.4, 0.5) is 5.69 Å². The lowest BCUT2D eigenvalue weighted by Gasteiger charge is -2.29. The van der Waals surface area contributed by atoms with E-state index in [-0.39, 0.29) is 22.0 Å². The molecule has 1 aromatic carbocycles. The Hall–Kier alpha value is -0.970. The number of nitrogen functional groups attached to an aromatic ring is 1. The molecule has 0 saturated carbocycles. The van der Waals surface area contributed by atoms with Crippen molar-refractivity contribution < 1.29 is 9.53 Å². The van der Waals surface area contributed by atoms with Crippen LogP contribution in [0.15, 0.2) is 12.1 Å². The molecule has 0 fully saturated rings. The summed E-state index contributed by atoms with van der Waals surface area (Å²) in [5.74, 6) is -0.185. The van der Waals surface area contributed by atoms with Crippen LogP contribution < -0.4 is 5.73 Å². The SMILES string of the molecule is CCC(C)N(CCOC)C(=O)c1cc(N)cc(Cl)c1Cl. The van der Waals surface area contributed by atoms with Crippen molar-refractivity contribution in [2.24, 2.45) is 0 Å². The molecule has 0 bridgehead atoms. The summed E-state index contributed by atoms with van der Waals surface area (Å²) < 4.78 is 5.05. The number of ether oxygens (including phenoxy) is 1. The predicted octanol–water partition coefficient (Wildman–Crippen LogP) is 3.46. The van der Waals surface area contributed by atoms with Gasteiger partial charge in [0.1, 0.15) is 0 Å². The first kappa shape index (κ1) is 17.1. The molecule has 1 unspecified atom stereocenters. The molecule has 0 aliphatic heterocycles. The normalized spacial score (nSPS) is 12.2. The number of methoxy groups -OCH3 is 1. The van der Waals surface area contributed by atoms with E-state index in [0.717, 1.165) is 6.42 Å². The Morgan fingerprint density at radius 3 is 2.65 bits per heavy atom. The average molecular weight is 319 g/mol. The van der Waals surface area contributed by atoms with Crippen LogP contribution in [0.3, 0.4) is 0 Å². The van der Waals surface area contributed by atoms with Crippen molar-refractivity contribution in [1.29, 1.82) is 0 Å². The molecule has 0 saturated heterocycles. The zero-order valence-electron chi connectivity index (χ0n) is 12.0. The number of carbonyl (C=O) groups is 1. The van der Waals surface area contributed by atoms with Gasteiger partial charge < -0.3 is 15.4 Å². The number of halogens is 2. The topological polar surface area (TPSA) is 55.6 Å². The van der Waals surface area contributed by atoms with Crippen molar-refractivity contribution in [3.05, 3.63) is 27.7 Å². The maximum atomic E-state index is 12.6. The average Bonchev–Trinajstić information content (AvgIpc) is 2.42.